The number of carbonyl (C=O) groups excluding carboxylic acids is 1. The first-order chi connectivity index (χ1) is 17.0. The normalized spacial score (nSPS) is 18.4. The Kier molecular flexibility index (Phi) is 6.03. The van der Waals surface area contributed by atoms with E-state index in [4.69, 9.17) is 0 Å². The van der Waals surface area contributed by atoms with Crippen LogP contribution in [-0.4, -0.2) is 60.2 Å². The Balaban J connectivity index is 1.26. The van der Waals surface area contributed by atoms with E-state index in [-0.39, 0.29) is 43.1 Å². The van der Waals surface area contributed by atoms with Crippen molar-refractivity contribution in [3.05, 3.63) is 65.9 Å². The number of hydrogen-bond acceptors (Lipinski definition) is 5. The highest BCUT2D eigenvalue weighted by Gasteiger charge is 2.47. The number of aromatic amines is 1. The standard InChI is InChI=1S/C24H23F3N4O4S/c25-24(26,27)35-18-5-1-4-17(15-18)21-29-22(32)23(30-21)9-12-31(13-10-23)36(33,34)14-8-16-3-2-6-20-19(16)7-11-28-20/h1-7,11,15,28H,8-10,12-14H2,(H,29,30,32). The van der Waals surface area contributed by atoms with Crippen LogP contribution in [0.4, 0.5) is 13.2 Å². The predicted molar refractivity (Wildman–Crippen MR) is 127 cm³/mol. The molecular weight excluding hydrogens is 497 g/mol. The van der Waals surface area contributed by atoms with Crippen LogP contribution in [0.1, 0.15) is 24.0 Å². The molecule has 0 radical (unpaired) electrons. The molecule has 190 valence electrons. The average Bonchev–Trinajstić information content (AvgIpc) is 3.42. The third-order valence-corrected chi connectivity index (χ3v) is 8.45. The Morgan fingerprint density at radius 3 is 2.58 bits per heavy atom. The van der Waals surface area contributed by atoms with Gasteiger partial charge >= 0.3 is 6.36 Å². The molecule has 1 aromatic heterocycles. The zero-order valence-corrected chi connectivity index (χ0v) is 19.8. The van der Waals surface area contributed by atoms with Gasteiger partial charge in [0.1, 0.15) is 17.1 Å². The minimum Gasteiger partial charge on any atom is -0.406 e. The van der Waals surface area contributed by atoms with E-state index in [0.29, 0.717) is 6.42 Å². The van der Waals surface area contributed by atoms with Gasteiger partial charge in [0, 0.05) is 35.8 Å². The number of halogens is 3. The number of aromatic nitrogens is 1. The summed E-state index contributed by atoms with van der Waals surface area (Å²) in [5.74, 6) is -0.731. The van der Waals surface area contributed by atoms with Gasteiger partial charge in [-0.1, -0.05) is 24.3 Å². The van der Waals surface area contributed by atoms with E-state index in [1.54, 1.807) is 0 Å². The van der Waals surface area contributed by atoms with E-state index >= 15 is 0 Å². The number of carbonyl (C=O) groups is 1. The average molecular weight is 521 g/mol. The number of benzene rings is 2. The van der Waals surface area contributed by atoms with E-state index in [1.165, 1.54) is 16.4 Å². The van der Waals surface area contributed by atoms with Gasteiger partial charge in [-0.15, -0.1) is 13.2 Å². The molecule has 12 heteroatoms. The van der Waals surface area contributed by atoms with Crippen LogP contribution in [0.2, 0.25) is 0 Å². The lowest BCUT2D eigenvalue weighted by Crippen LogP contribution is -2.50. The summed E-state index contributed by atoms with van der Waals surface area (Å²) in [5.41, 5.74) is 1.00. The molecule has 36 heavy (non-hydrogen) atoms. The van der Waals surface area contributed by atoms with E-state index in [2.05, 4.69) is 20.0 Å². The minimum absolute atomic E-state index is 0.0585. The highest BCUT2D eigenvalue weighted by molar-refractivity contribution is 7.89. The Labute approximate surface area is 205 Å². The summed E-state index contributed by atoms with van der Waals surface area (Å²) in [6.07, 6.45) is -2.32. The number of aliphatic imine (C=N–C) groups is 1. The number of H-pyrrole nitrogens is 1. The third kappa shape index (κ3) is 4.82. The second-order valence-corrected chi connectivity index (χ2v) is 10.9. The highest BCUT2D eigenvalue weighted by Crippen LogP contribution is 2.33. The maximum atomic E-state index is 13.0. The number of alkyl halides is 3. The summed E-state index contributed by atoms with van der Waals surface area (Å²) in [7, 11) is -3.57. The smallest absolute Gasteiger partial charge is 0.406 e. The highest BCUT2D eigenvalue weighted by atomic mass is 32.2. The maximum absolute atomic E-state index is 13.0. The summed E-state index contributed by atoms with van der Waals surface area (Å²) < 4.78 is 69.1. The third-order valence-electron chi connectivity index (χ3n) is 6.58. The summed E-state index contributed by atoms with van der Waals surface area (Å²) >= 11 is 0. The van der Waals surface area contributed by atoms with Gasteiger partial charge in [0.15, 0.2) is 0 Å². The Morgan fingerprint density at radius 1 is 1.08 bits per heavy atom. The number of sulfonamides is 1. The lowest BCUT2D eigenvalue weighted by Gasteiger charge is -2.34. The summed E-state index contributed by atoms with van der Waals surface area (Å²) in [6.45, 7) is 0.246. The maximum Gasteiger partial charge on any atom is 0.573 e. The molecule has 0 unspecified atom stereocenters. The molecule has 3 heterocycles. The van der Waals surface area contributed by atoms with Gasteiger partial charge in [-0.25, -0.2) is 12.7 Å². The predicted octanol–water partition coefficient (Wildman–Crippen LogP) is 3.35. The lowest BCUT2D eigenvalue weighted by atomic mass is 9.89. The number of aryl methyl sites for hydroxylation is 1. The first kappa shape index (κ1) is 24.3. The first-order valence-electron chi connectivity index (χ1n) is 11.4. The van der Waals surface area contributed by atoms with Crippen LogP contribution in [0.25, 0.3) is 10.9 Å². The van der Waals surface area contributed by atoms with Crippen molar-refractivity contribution < 1.29 is 31.1 Å². The molecule has 0 aliphatic carbocycles. The van der Waals surface area contributed by atoms with Gasteiger partial charge in [0.05, 0.1) is 5.75 Å². The molecule has 1 amide bonds. The van der Waals surface area contributed by atoms with Crippen molar-refractivity contribution in [3.63, 3.8) is 0 Å². The molecule has 3 aromatic rings. The Morgan fingerprint density at radius 2 is 1.83 bits per heavy atom. The Bertz CT molecular complexity index is 1440. The number of hydrogen-bond donors (Lipinski definition) is 2. The van der Waals surface area contributed by atoms with Crippen LogP contribution < -0.4 is 10.1 Å². The van der Waals surface area contributed by atoms with Crippen molar-refractivity contribution in [1.29, 1.82) is 0 Å². The van der Waals surface area contributed by atoms with Crippen molar-refractivity contribution in [2.24, 2.45) is 4.99 Å². The van der Waals surface area contributed by atoms with Crippen LogP contribution in [0, 0.1) is 0 Å². The second-order valence-electron chi connectivity index (χ2n) is 8.84. The van der Waals surface area contributed by atoms with Gasteiger partial charge in [-0.3, -0.25) is 9.79 Å². The summed E-state index contributed by atoms with van der Waals surface area (Å²) in [5, 5.41) is 3.62. The molecule has 1 spiro atoms. The van der Waals surface area contributed by atoms with E-state index in [1.807, 2.05) is 30.5 Å². The van der Waals surface area contributed by atoms with Crippen molar-refractivity contribution in [2.75, 3.05) is 18.8 Å². The van der Waals surface area contributed by atoms with Crippen LogP contribution in [0.5, 0.6) is 5.75 Å². The number of nitrogens with zero attached hydrogens (tertiary/aromatic N) is 2. The quantitative estimate of drug-likeness (QED) is 0.520. The molecule has 5 rings (SSSR count). The molecule has 2 aliphatic rings. The fraction of sp³-hybridized carbons (Fsp3) is 0.333. The van der Waals surface area contributed by atoms with Gasteiger partial charge in [0.2, 0.25) is 10.0 Å². The largest absolute Gasteiger partial charge is 0.573 e. The monoisotopic (exact) mass is 520 g/mol. The van der Waals surface area contributed by atoms with Gasteiger partial charge in [-0.2, -0.15) is 0 Å². The number of amidine groups is 1. The number of nitrogens with one attached hydrogen (secondary N) is 2. The number of fused-ring (bicyclic) bond motifs is 1. The van der Waals surface area contributed by atoms with Crippen molar-refractivity contribution in [1.82, 2.24) is 14.6 Å². The minimum atomic E-state index is -4.84. The molecule has 1 saturated heterocycles. The van der Waals surface area contributed by atoms with Crippen molar-refractivity contribution in [2.45, 2.75) is 31.2 Å². The second kappa shape index (κ2) is 8.93. The van der Waals surface area contributed by atoms with Gasteiger partial charge in [0.25, 0.3) is 5.91 Å². The van der Waals surface area contributed by atoms with Crippen LogP contribution in [0.15, 0.2) is 59.7 Å². The zero-order valence-electron chi connectivity index (χ0n) is 19.0. The SMILES string of the molecule is O=C1NC(c2cccc(OC(F)(F)F)c2)=NC12CCN(S(=O)(=O)CCc1cccc3[nH]ccc13)CC2. The molecule has 0 bridgehead atoms. The van der Waals surface area contributed by atoms with E-state index in [0.717, 1.165) is 28.6 Å². The van der Waals surface area contributed by atoms with E-state index < -0.39 is 33.6 Å². The summed E-state index contributed by atoms with van der Waals surface area (Å²) in [6, 6.07) is 12.8. The molecule has 0 atom stereocenters. The van der Waals surface area contributed by atoms with Crippen LogP contribution in [0.3, 0.4) is 0 Å². The van der Waals surface area contributed by atoms with Gasteiger partial charge in [-0.05, 0) is 49.1 Å². The fourth-order valence-electron chi connectivity index (χ4n) is 4.70. The van der Waals surface area contributed by atoms with Crippen molar-refractivity contribution in [3.8, 4) is 5.75 Å². The van der Waals surface area contributed by atoms with Gasteiger partial charge < -0.3 is 15.0 Å². The Hall–Kier alpha value is -3.38. The molecule has 2 aliphatic heterocycles. The molecule has 1 fully saturated rings. The number of piperidine rings is 1. The van der Waals surface area contributed by atoms with Crippen molar-refractivity contribution >= 4 is 32.7 Å². The first-order valence-corrected chi connectivity index (χ1v) is 13.0. The van der Waals surface area contributed by atoms with Crippen LogP contribution in [-0.2, 0) is 21.2 Å². The van der Waals surface area contributed by atoms with Crippen LogP contribution >= 0.6 is 0 Å². The molecule has 8 nitrogen and oxygen atoms in total. The molecule has 2 N–H and O–H groups in total. The number of ether oxygens (including phenoxy) is 1. The molecular formula is C24H23F3N4O4S. The zero-order chi connectivity index (χ0) is 25.6. The topological polar surface area (TPSA) is 104 Å². The number of amides is 1. The fourth-order valence-corrected chi connectivity index (χ4v) is 6.18. The number of rotatable bonds is 6. The summed E-state index contributed by atoms with van der Waals surface area (Å²) in [4.78, 5) is 20.4. The lowest BCUT2D eigenvalue weighted by molar-refractivity contribution is -0.274. The molecule has 2 aromatic carbocycles. The van der Waals surface area contributed by atoms with E-state index in [9.17, 15) is 26.4 Å². The molecule has 0 saturated carbocycles.